The molecule has 0 saturated carbocycles. The number of sulfonamides is 1. The molecule has 3 rings (SSSR count). The number of hydrogen-bond acceptors (Lipinski definition) is 6. The predicted octanol–water partition coefficient (Wildman–Crippen LogP) is 2.09. The highest BCUT2D eigenvalue weighted by Gasteiger charge is 2.19. The van der Waals surface area contributed by atoms with Gasteiger partial charge in [0.15, 0.2) is 11.5 Å². The SMILES string of the molecule is O=C(CSc1ccccc1F)NNS(=O)(=O)c1ccc2c(c1)OCCCO2. The first-order valence-corrected chi connectivity index (χ1v) is 10.5. The van der Waals surface area contributed by atoms with Gasteiger partial charge in [0.05, 0.1) is 23.9 Å². The van der Waals surface area contributed by atoms with E-state index in [9.17, 15) is 17.6 Å². The summed E-state index contributed by atoms with van der Waals surface area (Å²) >= 11 is 0.964. The third-order valence-corrected chi connectivity index (χ3v) is 5.84. The number of halogens is 1. The summed E-state index contributed by atoms with van der Waals surface area (Å²) in [5.74, 6) is -0.400. The standard InChI is InChI=1S/C17H17FN2O5S2/c18-13-4-1-2-5-16(13)26-11-17(21)19-20-27(22,23)12-6-7-14-15(10-12)25-9-3-8-24-14/h1-2,4-7,10,20H,3,8-9,11H2,(H,19,21). The van der Waals surface area contributed by atoms with E-state index in [4.69, 9.17) is 9.47 Å². The number of benzene rings is 2. The number of ether oxygens (including phenoxy) is 2. The van der Waals surface area contributed by atoms with Crippen LogP contribution < -0.4 is 19.7 Å². The molecule has 0 saturated heterocycles. The molecular weight excluding hydrogens is 395 g/mol. The number of amides is 1. The molecule has 1 amide bonds. The molecule has 0 spiro atoms. The van der Waals surface area contributed by atoms with Crippen LogP contribution in [0.5, 0.6) is 11.5 Å². The highest BCUT2D eigenvalue weighted by atomic mass is 32.2. The molecule has 0 bridgehead atoms. The number of hydrogen-bond donors (Lipinski definition) is 2. The molecule has 2 aromatic rings. The van der Waals surface area contributed by atoms with Crippen LogP contribution in [0, 0.1) is 5.82 Å². The summed E-state index contributed by atoms with van der Waals surface area (Å²) in [6.45, 7) is 0.918. The molecule has 0 radical (unpaired) electrons. The molecule has 2 N–H and O–H groups in total. The Labute approximate surface area is 160 Å². The maximum absolute atomic E-state index is 13.5. The van der Waals surface area contributed by atoms with E-state index in [0.717, 1.165) is 11.8 Å². The first-order chi connectivity index (χ1) is 13.0. The van der Waals surface area contributed by atoms with E-state index in [1.807, 2.05) is 4.83 Å². The lowest BCUT2D eigenvalue weighted by Gasteiger charge is -2.11. The topological polar surface area (TPSA) is 93.7 Å². The van der Waals surface area contributed by atoms with E-state index in [1.54, 1.807) is 12.1 Å². The molecule has 0 aliphatic carbocycles. The van der Waals surface area contributed by atoms with Crippen LogP contribution in [0.2, 0.25) is 0 Å². The van der Waals surface area contributed by atoms with Gasteiger partial charge in [0, 0.05) is 17.4 Å². The van der Waals surface area contributed by atoms with Crippen molar-refractivity contribution in [2.24, 2.45) is 0 Å². The monoisotopic (exact) mass is 412 g/mol. The van der Waals surface area contributed by atoms with Gasteiger partial charge in [-0.05, 0) is 24.3 Å². The maximum atomic E-state index is 13.5. The first-order valence-electron chi connectivity index (χ1n) is 8.03. The number of rotatable bonds is 6. The molecule has 27 heavy (non-hydrogen) atoms. The van der Waals surface area contributed by atoms with Gasteiger partial charge in [-0.2, -0.15) is 0 Å². The molecule has 1 aliphatic heterocycles. The van der Waals surface area contributed by atoms with Gasteiger partial charge in [0.2, 0.25) is 5.91 Å². The van der Waals surface area contributed by atoms with E-state index in [0.29, 0.717) is 36.0 Å². The fourth-order valence-electron chi connectivity index (χ4n) is 2.23. The Balaban J connectivity index is 1.59. The molecule has 0 fully saturated rings. The fraction of sp³-hybridized carbons (Fsp3) is 0.235. The second-order valence-electron chi connectivity index (χ2n) is 5.53. The quantitative estimate of drug-likeness (QED) is 0.557. The third kappa shape index (κ3) is 5.12. The Bertz CT molecular complexity index is 937. The summed E-state index contributed by atoms with van der Waals surface area (Å²) in [4.78, 5) is 14.1. The van der Waals surface area contributed by atoms with E-state index in [-0.39, 0.29) is 10.6 Å². The minimum Gasteiger partial charge on any atom is -0.490 e. The number of carbonyl (C=O) groups excluding carboxylic acids is 1. The fourth-order valence-corrected chi connectivity index (χ4v) is 3.85. The van der Waals surface area contributed by atoms with Gasteiger partial charge in [-0.25, -0.2) is 12.8 Å². The highest BCUT2D eigenvalue weighted by Crippen LogP contribution is 2.31. The van der Waals surface area contributed by atoms with Gasteiger partial charge < -0.3 is 9.47 Å². The lowest BCUT2D eigenvalue weighted by atomic mass is 10.3. The molecule has 0 atom stereocenters. The van der Waals surface area contributed by atoms with Crippen LogP contribution in [-0.4, -0.2) is 33.3 Å². The molecule has 10 heteroatoms. The van der Waals surface area contributed by atoms with Crippen LogP contribution in [0.15, 0.2) is 52.3 Å². The molecule has 1 aliphatic rings. The van der Waals surface area contributed by atoms with Gasteiger partial charge in [-0.15, -0.1) is 16.6 Å². The van der Waals surface area contributed by atoms with Gasteiger partial charge in [-0.1, -0.05) is 12.1 Å². The largest absolute Gasteiger partial charge is 0.490 e. The number of fused-ring (bicyclic) bond motifs is 1. The third-order valence-electron chi connectivity index (χ3n) is 3.55. The van der Waals surface area contributed by atoms with E-state index < -0.39 is 21.7 Å². The van der Waals surface area contributed by atoms with Crippen molar-refractivity contribution in [1.29, 1.82) is 0 Å². The van der Waals surface area contributed by atoms with Crippen molar-refractivity contribution in [3.8, 4) is 11.5 Å². The lowest BCUT2D eigenvalue weighted by Crippen LogP contribution is -2.42. The van der Waals surface area contributed by atoms with Crippen molar-refractivity contribution in [3.63, 3.8) is 0 Å². The lowest BCUT2D eigenvalue weighted by molar-refractivity contribution is -0.119. The van der Waals surface area contributed by atoms with Crippen LogP contribution in [0.25, 0.3) is 0 Å². The van der Waals surface area contributed by atoms with Gasteiger partial charge >= 0.3 is 0 Å². The summed E-state index contributed by atoms with van der Waals surface area (Å²) in [5.41, 5.74) is 2.11. The summed E-state index contributed by atoms with van der Waals surface area (Å²) in [5, 5.41) is 0. The molecule has 0 unspecified atom stereocenters. The predicted molar refractivity (Wildman–Crippen MR) is 97.6 cm³/mol. The maximum Gasteiger partial charge on any atom is 0.257 e. The molecule has 0 aromatic heterocycles. The van der Waals surface area contributed by atoms with Crippen molar-refractivity contribution in [3.05, 3.63) is 48.3 Å². The van der Waals surface area contributed by atoms with Crippen molar-refractivity contribution >= 4 is 27.7 Å². The number of hydrazine groups is 1. The molecular formula is C17H17FN2O5S2. The summed E-state index contributed by atoms with van der Waals surface area (Å²) in [6.07, 6.45) is 0.699. The van der Waals surface area contributed by atoms with Crippen molar-refractivity contribution in [1.82, 2.24) is 10.3 Å². The average Bonchev–Trinajstić information content (AvgIpc) is 2.90. The first kappa shape index (κ1) is 19.5. The Hall–Kier alpha value is -2.30. The zero-order chi connectivity index (χ0) is 19.3. The zero-order valence-electron chi connectivity index (χ0n) is 14.1. The zero-order valence-corrected chi connectivity index (χ0v) is 15.7. The second-order valence-corrected chi connectivity index (χ2v) is 8.23. The summed E-state index contributed by atoms with van der Waals surface area (Å²) in [6, 6.07) is 10.2. The summed E-state index contributed by atoms with van der Waals surface area (Å²) in [7, 11) is -3.99. The van der Waals surface area contributed by atoms with E-state index in [2.05, 4.69) is 5.43 Å². The number of carbonyl (C=O) groups is 1. The van der Waals surface area contributed by atoms with Crippen LogP contribution in [0.1, 0.15) is 6.42 Å². The van der Waals surface area contributed by atoms with Gasteiger partial charge in [0.25, 0.3) is 10.0 Å². The minimum absolute atomic E-state index is 0.0752. The van der Waals surface area contributed by atoms with Crippen LogP contribution in [0.4, 0.5) is 4.39 Å². The van der Waals surface area contributed by atoms with E-state index >= 15 is 0 Å². The van der Waals surface area contributed by atoms with Crippen LogP contribution in [0.3, 0.4) is 0 Å². The normalized spacial score (nSPS) is 13.7. The van der Waals surface area contributed by atoms with Crippen LogP contribution >= 0.6 is 11.8 Å². The Kier molecular flexibility index (Phi) is 6.19. The van der Waals surface area contributed by atoms with Gasteiger partial charge in [0.1, 0.15) is 5.82 Å². The highest BCUT2D eigenvalue weighted by molar-refractivity contribution is 8.00. The number of thioether (sulfide) groups is 1. The Morgan fingerprint density at radius 2 is 1.85 bits per heavy atom. The van der Waals surface area contributed by atoms with Gasteiger partial charge in [-0.3, -0.25) is 10.2 Å². The summed E-state index contributed by atoms with van der Waals surface area (Å²) < 4.78 is 49.1. The van der Waals surface area contributed by atoms with Crippen LogP contribution in [-0.2, 0) is 14.8 Å². The average molecular weight is 412 g/mol. The minimum atomic E-state index is -3.99. The second kappa shape index (κ2) is 8.59. The molecule has 7 nitrogen and oxygen atoms in total. The Morgan fingerprint density at radius 1 is 1.11 bits per heavy atom. The van der Waals surface area contributed by atoms with Crippen molar-refractivity contribution in [2.75, 3.05) is 19.0 Å². The van der Waals surface area contributed by atoms with E-state index in [1.165, 1.54) is 30.3 Å². The van der Waals surface area contributed by atoms with Crippen molar-refractivity contribution < 1.29 is 27.1 Å². The molecule has 1 heterocycles. The molecule has 2 aromatic carbocycles. The number of nitrogens with one attached hydrogen (secondary N) is 2. The van der Waals surface area contributed by atoms with Crippen molar-refractivity contribution in [2.45, 2.75) is 16.2 Å². The molecule has 144 valence electrons. The smallest absolute Gasteiger partial charge is 0.257 e. The Morgan fingerprint density at radius 3 is 2.63 bits per heavy atom.